The van der Waals surface area contributed by atoms with Gasteiger partial charge >= 0.3 is 0 Å². The van der Waals surface area contributed by atoms with Gasteiger partial charge in [-0.25, -0.2) is 0 Å². The van der Waals surface area contributed by atoms with Crippen LogP contribution in [0, 0.1) is 0 Å². The van der Waals surface area contributed by atoms with Crippen molar-refractivity contribution in [3.63, 3.8) is 0 Å². The van der Waals surface area contributed by atoms with Crippen molar-refractivity contribution in [3.05, 3.63) is 163 Å². The molecule has 43 heavy (non-hydrogen) atoms. The van der Waals surface area contributed by atoms with Gasteiger partial charge in [0.15, 0.2) is 0 Å². The lowest BCUT2D eigenvalue weighted by molar-refractivity contribution is 0.299. The third kappa shape index (κ3) is 4.48. The van der Waals surface area contributed by atoms with Crippen molar-refractivity contribution in [2.75, 3.05) is 4.90 Å². The molecule has 0 aromatic heterocycles. The molecule has 0 aliphatic heterocycles. The highest BCUT2D eigenvalue weighted by atomic mass is 15.1. The van der Waals surface area contributed by atoms with E-state index in [9.17, 15) is 0 Å². The van der Waals surface area contributed by atoms with Crippen molar-refractivity contribution in [3.8, 4) is 33.4 Å². The zero-order valence-electron chi connectivity index (χ0n) is 25.4. The summed E-state index contributed by atoms with van der Waals surface area (Å²) in [6.07, 6.45) is 0. The van der Waals surface area contributed by atoms with Crippen molar-refractivity contribution < 1.29 is 0 Å². The number of nitrogens with zero attached hydrogens (tertiary/aromatic N) is 1. The number of hydrogen-bond acceptors (Lipinski definition) is 1. The summed E-state index contributed by atoms with van der Waals surface area (Å²) in [6, 6.07) is 55.1. The molecule has 0 unspecified atom stereocenters. The van der Waals surface area contributed by atoms with E-state index in [-0.39, 0.29) is 10.8 Å². The first-order chi connectivity index (χ1) is 20.9. The highest BCUT2D eigenvalue weighted by Crippen LogP contribution is 2.55. The van der Waals surface area contributed by atoms with Crippen molar-refractivity contribution >= 4 is 17.1 Å². The Kier molecular flexibility index (Phi) is 6.55. The second kappa shape index (κ2) is 10.4. The third-order valence-electron chi connectivity index (χ3n) is 9.83. The average molecular weight is 556 g/mol. The van der Waals surface area contributed by atoms with E-state index in [0.29, 0.717) is 0 Å². The topological polar surface area (TPSA) is 3.24 Å². The number of anilines is 3. The Balaban J connectivity index is 1.48. The summed E-state index contributed by atoms with van der Waals surface area (Å²) in [6.45, 7) is 9.61. The van der Waals surface area contributed by atoms with E-state index in [4.69, 9.17) is 0 Å². The van der Waals surface area contributed by atoms with E-state index in [0.717, 1.165) is 17.1 Å². The Morgan fingerprint density at radius 3 is 1.65 bits per heavy atom. The molecule has 0 amide bonds. The first kappa shape index (κ1) is 27.0. The minimum atomic E-state index is -0.0802. The number of hydrogen-bond donors (Lipinski definition) is 0. The molecule has 1 aliphatic carbocycles. The van der Waals surface area contributed by atoms with Gasteiger partial charge in [-0.2, -0.15) is 0 Å². The van der Waals surface area contributed by atoms with Crippen LogP contribution in [-0.4, -0.2) is 0 Å². The predicted octanol–water partition coefficient (Wildman–Crippen LogP) is 11.7. The highest BCUT2D eigenvalue weighted by Gasteiger charge is 2.45. The van der Waals surface area contributed by atoms with Gasteiger partial charge in [-0.05, 0) is 80.1 Å². The van der Waals surface area contributed by atoms with Crippen LogP contribution in [0.3, 0.4) is 0 Å². The Bertz CT molecular complexity index is 1910. The van der Waals surface area contributed by atoms with Gasteiger partial charge in [-0.3, -0.25) is 0 Å². The van der Waals surface area contributed by atoms with Crippen molar-refractivity contribution in [2.24, 2.45) is 0 Å². The maximum absolute atomic E-state index is 2.45. The third-order valence-corrected chi connectivity index (χ3v) is 9.83. The van der Waals surface area contributed by atoms with Crippen LogP contribution in [0.2, 0.25) is 0 Å². The molecule has 0 saturated carbocycles. The zero-order valence-corrected chi connectivity index (χ0v) is 25.4. The van der Waals surface area contributed by atoms with E-state index in [1.807, 2.05) is 0 Å². The maximum atomic E-state index is 2.45. The van der Waals surface area contributed by atoms with Crippen molar-refractivity contribution in [1.82, 2.24) is 0 Å². The van der Waals surface area contributed by atoms with Crippen LogP contribution < -0.4 is 4.90 Å². The number of para-hydroxylation sites is 1. The van der Waals surface area contributed by atoms with Gasteiger partial charge in [-0.15, -0.1) is 0 Å². The minimum Gasteiger partial charge on any atom is -0.310 e. The lowest BCUT2D eigenvalue weighted by atomic mass is 9.55. The second-order valence-electron chi connectivity index (χ2n) is 12.7. The smallest absolute Gasteiger partial charge is 0.0540 e. The van der Waals surface area contributed by atoms with E-state index in [1.165, 1.54) is 44.5 Å². The fourth-order valence-electron chi connectivity index (χ4n) is 6.77. The van der Waals surface area contributed by atoms with Crippen LogP contribution in [0.4, 0.5) is 17.1 Å². The molecular formula is C42H37N. The Morgan fingerprint density at radius 2 is 0.907 bits per heavy atom. The van der Waals surface area contributed by atoms with Gasteiger partial charge in [0.2, 0.25) is 0 Å². The molecule has 0 fully saturated rings. The van der Waals surface area contributed by atoms with Crippen LogP contribution in [-0.2, 0) is 10.8 Å². The second-order valence-corrected chi connectivity index (χ2v) is 12.7. The fourth-order valence-corrected chi connectivity index (χ4v) is 6.77. The molecule has 0 bridgehead atoms. The molecule has 1 nitrogen and oxygen atoms in total. The van der Waals surface area contributed by atoms with Crippen LogP contribution in [0.25, 0.3) is 33.4 Å². The van der Waals surface area contributed by atoms with Gasteiger partial charge in [-0.1, -0.05) is 149 Å². The van der Waals surface area contributed by atoms with Crippen LogP contribution in [0.1, 0.15) is 38.8 Å². The van der Waals surface area contributed by atoms with Crippen LogP contribution >= 0.6 is 0 Å². The fraction of sp³-hybridized carbons (Fsp3) is 0.143. The maximum Gasteiger partial charge on any atom is 0.0540 e. The van der Waals surface area contributed by atoms with Gasteiger partial charge in [0.1, 0.15) is 0 Å². The summed E-state index contributed by atoms with van der Waals surface area (Å²) in [5.74, 6) is 0. The van der Waals surface area contributed by atoms with Crippen LogP contribution in [0.5, 0.6) is 0 Å². The molecular weight excluding hydrogens is 518 g/mol. The summed E-state index contributed by atoms with van der Waals surface area (Å²) >= 11 is 0. The van der Waals surface area contributed by atoms with E-state index >= 15 is 0 Å². The van der Waals surface area contributed by atoms with Gasteiger partial charge in [0, 0.05) is 16.9 Å². The Hall–Kier alpha value is -4.88. The summed E-state index contributed by atoms with van der Waals surface area (Å²) in [5, 5.41) is 0. The molecule has 6 aromatic carbocycles. The molecule has 0 spiro atoms. The van der Waals surface area contributed by atoms with Gasteiger partial charge in [0.05, 0.1) is 5.69 Å². The molecule has 0 radical (unpaired) electrons. The van der Waals surface area contributed by atoms with Crippen LogP contribution in [0.15, 0.2) is 152 Å². The normalized spacial score (nSPS) is 14.4. The Morgan fingerprint density at radius 1 is 0.372 bits per heavy atom. The summed E-state index contributed by atoms with van der Waals surface area (Å²) in [7, 11) is 0. The molecule has 0 heterocycles. The van der Waals surface area contributed by atoms with Gasteiger partial charge < -0.3 is 4.90 Å². The summed E-state index contributed by atoms with van der Waals surface area (Å²) in [5.41, 5.74) is 13.6. The predicted molar refractivity (Wildman–Crippen MR) is 183 cm³/mol. The number of fused-ring (bicyclic) bond motifs is 3. The quantitative estimate of drug-likeness (QED) is 0.204. The van der Waals surface area contributed by atoms with E-state index in [1.54, 1.807) is 0 Å². The van der Waals surface area contributed by atoms with E-state index in [2.05, 4.69) is 184 Å². The van der Waals surface area contributed by atoms with Crippen molar-refractivity contribution in [2.45, 2.75) is 38.5 Å². The molecule has 210 valence electrons. The largest absolute Gasteiger partial charge is 0.310 e. The SMILES string of the molecule is CC1(C)c2ccccc2-c2ccc(N(c3cccc(-c4ccccc4)c3)c3ccccc3-c3ccccc3)cc2C1(C)C. The lowest BCUT2D eigenvalue weighted by Crippen LogP contribution is -2.43. The van der Waals surface area contributed by atoms with Crippen molar-refractivity contribution in [1.29, 1.82) is 0 Å². The molecule has 0 N–H and O–H groups in total. The monoisotopic (exact) mass is 555 g/mol. The Labute approximate surface area is 256 Å². The first-order valence-electron chi connectivity index (χ1n) is 15.2. The number of benzene rings is 6. The summed E-state index contributed by atoms with van der Waals surface area (Å²) in [4.78, 5) is 2.44. The zero-order chi connectivity index (χ0) is 29.6. The summed E-state index contributed by atoms with van der Waals surface area (Å²) < 4.78 is 0. The molecule has 1 aliphatic rings. The molecule has 0 saturated heterocycles. The van der Waals surface area contributed by atoms with Gasteiger partial charge in [0.25, 0.3) is 0 Å². The standard InChI is InChI=1S/C42H37N/c1-41(2)38-24-13-11-23-36(38)37-27-26-34(29-39(37)42(41,3)4)43(33-21-15-20-32(28-33)30-16-7-5-8-17-30)40-25-14-12-22-35(40)31-18-9-6-10-19-31/h5-29H,1-4H3. The average Bonchev–Trinajstić information content (AvgIpc) is 3.05. The number of rotatable bonds is 5. The molecule has 1 heteroatoms. The van der Waals surface area contributed by atoms with E-state index < -0.39 is 0 Å². The molecule has 0 atom stereocenters. The first-order valence-corrected chi connectivity index (χ1v) is 15.2. The molecule has 6 aromatic rings. The minimum absolute atomic E-state index is 0.0325. The highest BCUT2D eigenvalue weighted by molar-refractivity contribution is 5.90. The molecule has 7 rings (SSSR count). The lowest BCUT2D eigenvalue weighted by Gasteiger charge is -2.48.